The number of nitrogens with one attached hydrogen (secondary N) is 2. The number of piperidine rings is 1. The number of unbranched alkanes of at least 4 members (excludes halogenated alkanes) is 1. The fraction of sp³-hybridized carbons (Fsp3) is 0.950. The Kier molecular flexibility index (Phi) is 9.04. The standard InChI is InChI=1S/C20H41N5/c1-4-21-19(22-12-6-9-13-24-14-10-11-15-24)23-18-20(2,3)25-16-7-5-8-17-25/h4-18H2,1-3H3,(H2,21,22,23). The summed E-state index contributed by atoms with van der Waals surface area (Å²) in [5, 5.41) is 6.92. The van der Waals surface area contributed by atoms with Gasteiger partial charge in [0.1, 0.15) is 0 Å². The smallest absolute Gasteiger partial charge is 0.191 e. The van der Waals surface area contributed by atoms with Crippen molar-refractivity contribution in [2.45, 2.75) is 71.3 Å². The molecule has 0 atom stereocenters. The molecule has 0 aromatic rings. The lowest BCUT2D eigenvalue weighted by Gasteiger charge is -2.40. The molecule has 2 saturated heterocycles. The van der Waals surface area contributed by atoms with Gasteiger partial charge in [-0.25, -0.2) is 0 Å². The summed E-state index contributed by atoms with van der Waals surface area (Å²) in [4.78, 5) is 10.1. The van der Waals surface area contributed by atoms with Crippen LogP contribution in [0, 0.1) is 0 Å². The molecule has 0 amide bonds. The molecule has 2 heterocycles. The maximum atomic E-state index is 4.88. The van der Waals surface area contributed by atoms with Crippen molar-refractivity contribution in [3.63, 3.8) is 0 Å². The predicted molar refractivity (Wildman–Crippen MR) is 108 cm³/mol. The largest absolute Gasteiger partial charge is 0.357 e. The van der Waals surface area contributed by atoms with E-state index in [-0.39, 0.29) is 5.54 Å². The second-order valence-corrected chi connectivity index (χ2v) is 8.24. The Bertz CT molecular complexity index is 382. The third-order valence-corrected chi connectivity index (χ3v) is 5.57. The molecule has 2 N–H and O–H groups in total. The minimum Gasteiger partial charge on any atom is -0.357 e. The van der Waals surface area contributed by atoms with Crippen LogP contribution in [0.5, 0.6) is 0 Å². The van der Waals surface area contributed by atoms with Crippen LogP contribution in [0.1, 0.15) is 65.7 Å². The number of hydrogen-bond acceptors (Lipinski definition) is 3. The number of likely N-dealkylation sites (tertiary alicyclic amines) is 2. The van der Waals surface area contributed by atoms with Crippen molar-refractivity contribution in [1.29, 1.82) is 0 Å². The molecule has 146 valence electrons. The van der Waals surface area contributed by atoms with Crippen molar-refractivity contribution in [2.24, 2.45) is 4.99 Å². The van der Waals surface area contributed by atoms with E-state index in [2.05, 4.69) is 41.2 Å². The van der Waals surface area contributed by atoms with Gasteiger partial charge in [-0.15, -0.1) is 0 Å². The van der Waals surface area contributed by atoms with E-state index in [0.29, 0.717) is 0 Å². The summed E-state index contributed by atoms with van der Waals surface area (Å²) in [7, 11) is 0. The van der Waals surface area contributed by atoms with Crippen molar-refractivity contribution >= 4 is 5.96 Å². The highest BCUT2D eigenvalue weighted by molar-refractivity contribution is 5.79. The van der Waals surface area contributed by atoms with Gasteiger partial charge in [-0.2, -0.15) is 0 Å². The lowest BCUT2D eigenvalue weighted by atomic mass is 9.99. The summed E-state index contributed by atoms with van der Waals surface area (Å²) in [6.07, 6.45) is 9.34. The van der Waals surface area contributed by atoms with Crippen LogP contribution in [0.3, 0.4) is 0 Å². The SMILES string of the molecule is CCNC(=NCC(C)(C)N1CCCCC1)NCCCCN1CCCC1. The van der Waals surface area contributed by atoms with Crippen LogP contribution >= 0.6 is 0 Å². The average Bonchev–Trinajstić information content (AvgIpc) is 3.13. The summed E-state index contributed by atoms with van der Waals surface area (Å²) in [6.45, 7) is 15.9. The Morgan fingerprint density at radius 2 is 1.60 bits per heavy atom. The van der Waals surface area contributed by atoms with Crippen molar-refractivity contribution in [3.05, 3.63) is 0 Å². The number of aliphatic imine (C=N–C) groups is 1. The Balaban J connectivity index is 1.69. The van der Waals surface area contributed by atoms with Gasteiger partial charge in [-0.05, 0) is 92.0 Å². The van der Waals surface area contributed by atoms with E-state index >= 15 is 0 Å². The molecule has 0 radical (unpaired) electrons. The first kappa shape index (κ1) is 20.5. The van der Waals surface area contributed by atoms with Crippen LogP contribution in [0.4, 0.5) is 0 Å². The van der Waals surface area contributed by atoms with Gasteiger partial charge in [0.25, 0.3) is 0 Å². The summed E-state index contributed by atoms with van der Waals surface area (Å²) < 4.78 is 0. The van der Waals surface area contributed by atoms with Crippen molar-refractivity contribution in [2.75, 3.05) is 52.4 Å². The second kappa shape index (κ2) is 11.0. The van der Waals surface area contributed by atoms with Crippen LogP contribution in [0.15, 0.2) is 4.99 Å². The molecular weight excluding hydrogens is 310 g/mol. The molecule has 0 unspecified atom stereocenters. The van der Waals surface area contributed by atoms with Gasteiger partial charge >= 0.3 is 0 Å². The van der Waals surface area contributed by atoms with E-state index in [4.69, 9.17) is 4.99 Å². The van der Waals surface area contributed by atoms with E-state index in [9.17, 15) is 0 Å². The Morgan fingerprint density at radius 1 is 0.920 bits per heavy atom. The van der Waals surface area contributed by atoms with Crippen LogP contribution in [-0.2, 0) is 0 Å². The summed E-state index contributed by atoms with van der Waals surface area (Å²) >= 11 is 0. The Hall–Kier alpha value is -0.810. The second-order valence-electron chi connectivity index (χ2n) is 8.24. The van der Waals surface area contributed by atoms with Crippen molar-refractivity contribution < 1.29 is 0 Å². The molecule has 2 rings (SSSR count). The molecule has 0 saturated carbocycles. The monoisotopic (exact) mass is 351 g/mol. The Labute approximate surface area is 155 Å². The van der Waals surface area contributed by atoms with E-state index in [0.717, 1.165) is 25.6 Å². The minimum atomic E-state index is 0.151. The van der Waals surface area contributed by atoms with Gasteiger partial charge in [0.2, 0.25) is 0 Å². The summed E-state index contributed by atoms with van der Waals surface area (Å²) in [6, 6.07) is 0. The van der Waals surface area contributed by atoms with Gasteiger partial charge in [-0.1, -0.05) is 6.42 Å². The Morgan fingerprint density at radius 3 is 2.28 bits per heavy atom. The van der Waals surface area contributed by atoms with Gasteiger partial charge in [0.15, 0.2) is 5.96 Å². The third-order valence-electron chi connectivity index (χ3n) is 5.57. The quantitative estimate of drug-likeness (QED) is 0.381. The first-order chi connectivity index (χ1) is 12.1. The zero-order chi connectivity index (χ0) is 18.0. The van der Waals surface area contributed by atoms with Crippen LogP contribution in [0.2, 0.25) is 0 Å². The highest BCUT2D eigenvalue weighted by Gasteiger charge is 2.27. The van der Waals surface area contributed by atoms with Gasteiger partial charge in [0.05, 0.1) is 6.54 Å². The normalized spacial score (nSPS) is 20.8. The molecule has 2 aliphatic rings. The lowest BCUT2D eigenvalue weighted by molar-refractivity contribution is 0.102. The first-order valence-corrected chi connectivity index (χ1v) is 10.6. The number of nitrogens with zero attached hydrogens (tertiary/aromatic N) is 3. The molecule has 5 nitrogen and oxygen atoms in total. The number of guanidine groups is 1. The number of hydrogen-bond donors (Lipinski definition) is 2. The fourth-order valence-corrected chi connectivity index (χ4v) is 3.89. The van der Waals surface area contributed by atoms with Crippen LogP contribution < -0.4 is 10.6 Å². The van der Waals surface area contributed by atoms with Gasteiger partial charge in [0, 0.05) is 18.6 Å². The third kappa shape index (κ3) is 7.53. The van der Waals surface area contributed by atoms with Crippen molar-refractivity contribution in [3.8, 4) is 0 Å². The summed E-state index contributed by atoms with van der Waals surface area (Å²) in [5.74, 6) is 0.980. The van der Waals surface area contributed by atoms with E-state index in [1.807, 2.05) is 0 Å². The fourth-order valence-electron chi connectivity index (χ4n) is 3.89. The maximum Gasteiger partial charge on any atom is 0.191 e. The molecule has 0 spiro atoms. The molecule has 0 aromatic carbocycles. The van der Waals surface area contributed by atoms with Gasteiger partial charge in [-0.3, -0.25) is 9.89 Å². The molecular formula is C20H41N5. The highest BCUT2D eigenvalue weighted by atomic mass is 15.2. The highest BCUT2D eigenvalue weighted by Crippen LogP contribution is 2.20. The number of rotatable bonds is 9. The lowest BCUT2D eigenvalue weighted by Crippen LogP contribution is -2.49. The zero-order valence-corrected chi connectivity index (χ0v) is 16.9. The van der Waals surface area contributed by atoms with Crippen molar-refractivity contribution in [1.82, 2.24) is 20.4 Å². The molecule has 25 heavy (non-hydrogen) atoms. The molecule has 5 heteroatoms. The van der Waals surface area contributed by atoms with Gasteiger partial charge < -0.3 is 15.5 Å². The van der Waals surface area contributed by atoms with E-state index < -0.39 is 0 Å². The van der Waals surface area contributed by atoms with Crippen LogP contribution in [0.25, 0.3) is 0 Å². The molecule has 2 aliphatic heterocycles. The first-order valence-electron chi connectivity index (χ1n) is 10.6. The molecule has 0 aromatic heterocycles. The molecule has 0 bridgehead atoms. The topological polar surface area (TPSA) is 42.9 Å². The van der Waals surface area contributed by atoms with Crippen LogP contribution in [-0.4, -0.2) is 73.7 Å². The zero-order valence-electron chi connectivity index (χ0n) is 16.9. The van der Waals surface area contributed by atoms with E-state index in [1.54, 1.807) is 0 Å². The molecule has 0 aliphatic carbocycles. The predicted octanol–water partition coefficient (Wildman–Crippen LogP) is 2.68. The minimum absolute atomic E-state index is 0.151. The average molecular weight is 352 g/mol. The van der Waals surface area contributed by atoms with E-state index in [1.165, 1.54) is 77.7 Å². The molecule has 2 fully saturated rings. The summed E-state index contributed by atoms with van der Waals surface area (Å²) in [5.41, 5.74) is 0.151. The maximum absolute atomic E-state index is 4.88.